The van der Waals surface area contributed by atoms with Gasteiger partial charge in [0.2, 0.25) is 0 Å². The average molecular weight is 1580 g/mol. The number of rotatable bonds is 6. The first-order valence-electron chi connectivity index (χ1n) is 48.6. The molecular formula is C106H270O2. The Labute approximate surface area is 715 Å². The van der Waals surface area contributed by atoms with Crippen LogP contribution in [-0.2, 0) is 4.74 Å². The number of hydrogen-bond acceptors (Lipinski definition) is 2. The monoisotopic (exact) mass is 1580 g/mol. The van der Waals surface area contributed by atoms with Crippen molar-refractivity contribution in [3.05, 3.63) is 0 Å². The van der Waals surface area contributed by atoms with E-state index < -0.39 is 0 Å². The molecule has 0 saturated heterocycles. The summed E-state index contributed by atoms with van der Waals surface area (Å²) in [5.74, 6) is 8.84. The summed E-state index contributed by atoms with van der Waals surface area (Å²) in [6.07, 6.45) is 29.5. The summed E-state index contributed by atoms with van der Waals surface area (Å²) in [4.78, 5) is 0. The lowest BCUT2D eigenvalue weighted by atomic mass is 10.0. The van der Waals surface area contributed by atoms with Crippen LogP contribution in [0.1, 0.15) is 625 Å². The Bertz CT molecular complexity index is 578. The maximum Gasteiger partial charge on any atom is 0.0483 e. The Morgan fingerprint density at radius 2 is 0.278 bits per heavy atom. The van der Waals surface area contributed by atoms with E-state index in [-0.39, 0.29) is 6.10 Å². The molecule has 1 saturated carbocycles. The van der Waals surface area contributed by atoms with Gasteiger partial charge in [0.1, 0.15) is 0 Å². The minimum Gasteiger partial charge on any atom is -0.394 e. The average Bonchev–Trinajstić information content (AvgIpc) is 1.83. The van der Waals surface area contributed by atoms with Gasteiger partial charge in [0.25, 0.3) is 0 Å². The normalized spacial score (nSPS) is 8.42. The van der Waals surface area contributed by atoms with Crippen LogP contribution in [0.2, 0.25) is 0 Å². The number of hydrogen-bond donors (Lipinski definition) is 1. The number of aliphatic hydroxyl groups is 1. The summed E-state index contributed by atoms with van der Waals surface area (Å²) in [6, 6.07) is 0. The zero-order chi connectivity index (χ0) is 95.5. The SMILES string of the molecule is CC.CC(C)(C)C.CC(C)C.CC(C)C.CC(C)C.CC(C)C.CC(C)C.CC(C)O.CCC.CCC.CCC.CCC.CCC.CCC.CCC.CCC.CCC.CCC.CCC.CCC.CCC.CCC.CCC.CCC.CCC(C)C.CCC(C)C.CCC(C)C.CCC(C)C.CCC1CC1.CCOC. The fraction of sp³-hybridized carbons (Fsp3) is 1.00. The van der Waals surface area contributed by atoms with Crippen molar-refractivity contribution in [2.45, 2.75) is 632 Å². The minimum atomic E-state index is -0.167. The van der Waals surface area contributed by atoms with Crippen LogP contribution in [-0.4, -0.2) is 24.9 Å². The van der Waals surface area contributed by atoms with Gasteiger partial charge < -0.3 is 9.84 Å². The number of methoxy groups -OCH3 is 1. The molecule has 0 unspecified atom stereocenters. The summed E-state index contributed by atoms with van der Waals surface area (Å²) in [5, 5.41) is 8.06. The highest BCUT2D eigenvalue weighted by Crippen LogP contribution is 2.31. The first kappa shape index (κ1) is 198. The molecule has 0 amide bonds. The summed E-state index contributed by atoms with van der Waals surface area (Å²) in [7, 11) is 1.68. The van der Waals surface area contributed by atoms with Gasteiger partial charge >= 0.3 is 0 Å². The smallest absolute Gasteiger partial charge is 0.0483 e. The molecule has 1 N–H and O–H groups in total. The molecule has 1 rings (SSSR count). The van der Waals surface area contributed by atoms with Gasteiger partial charge in [0.05, 0.1) is 0 Å². The maximum absolute atomic E-state index is 8.06. The highest BCUT2D eigenvalue weighted by atomic mass is 16.5. The van der Waals surface area contributed by atoms with Crippen molar-refractivity contribution in [3.63, 3.8) is 0 Å². The topological polar surface area (TPSA) is 29.5 Å². The molecule has 0 aliphatic heterocycles. The fourth-order valence-corrected chi connectivity index (χ4v) is 0.526. The van der Waals surface area contributed by atoms with Crippen LogP contribution in [0, 0.1) is 64.6 Å². The van der Waals surface area contributed by atoms with Gasteiger partial charge in [0, 0.05) is 19.8 Å². The first-order chi connectivity index (χ1) is 49.4. The van der Waals surface area contributed by atoms with E-state index in [9.17, 15) is 0 Å². The Morgan fingerprint density at radius 1 is 0.231 bits per heavy atom. The van der Waals surface area contributed by atoms with Crippen molar-refractivity contribution >= 4 is 0 Å². The molecule has 0 spiro atoms. The molecule has 2 nitrogen and oxygen atoms in total. The molecule has 2 heteroatoms. The van der Waals surface area contributed by atoms with Crippen molar-refractivity contribution in [1.29, 1.82) is 0 Å². The number of ether oxygens (including phenoxy) is 1. The Morgan fingerprint density at radius 3 is 0.278 bits per heavy atom. The lowest BCUT2D eigenvalue weighted by molar-refractivity contribution is 0.215. The maximum atomic E-state index is 8.06. The molecular weight excluding hydrogens is 1310 g/mol. The predicted molar refractivity (Wildman–Crippen MR) is 553 cm³/mol. The van der Waals surface area contributed by atoms with E-state index in [4.69, 9.17) is 5.11 Å². The van der Waals surface area contributed by atoms with Crippen LogP contribution in [0.25, 0.3) is 0 Å². The van der Waals surface area contributed by atoms with E-state index in [0.29, 0.717) is 5.41 Å². The minimum absolute atomic E-state index is 0.167. The van der Waals surface area contributed by atoms with Crippen molar-refractivity contribution in [1.82, 2.24) is 0 Å². The Balaban J connectivity index is -0.0000000222. The van der Waals surface area contributed by atoms with Crippen LogP contribution < -0.4 is 0 Å². The lowest BCUT2D eigenvalue weighted by Gasteiger charge is -2.05. The molecule has 0 aromatic heterocycles. The number of aliphatic hydroxyl groups excluding tert-OH is 1. The van der Waals surface area contributed by atoms with Crippen LogP contribution >= 0.6 is 0 Å². The van der Waals surface area contributed by atoms with Gasteiger partial charge in [-0.1, -0.05) is 605 Å². The van der Waals surface area contributed by atoms with E-state index in [2.05, 4.69) is 448 Å². The van der Waals surface area contributed by atoms with Crippen LogP contribution in [0.4, 0.5) is 0 Å². The summed E-state index contributed by atoms with van der Waals surface area (Å²) in [5.41, 5.74) is 0.500. The van der Waals surface area contributed by atoms with Gasteiger partial charge in [-0.2, -0.15) is 0 Å². The molecule has 0 heterocycles. The molecule has 1 aliphatic rings. The molecule has 108 heavy (non-hydrogen) atoms. The second-order valence-electron chi connectivity index (χ2n) is 33.7. The molecule has 706 valence electrons. The van der Waals surface area contributed by atoms with E-state index in [1.165, 1.54) is 148 Å². The highest BCUT2D eigenvalue weighted by molar-refractivity contribution is 4.69. The predicted octanol–water partition coefficient (Wildman–Crippen LogP) is 45.1. The fourth-order valence-electron chi connectivity index (χ4n) is 0.526. The summed E-state index contributed by atoms with van der Waals surface area (Å²) < 4.78 is 4.54. The van der Waals surface area contributed by atoms with Crippen molar-refractivity contribution in [2.24, 2.45) is 64.6 Å². The molecule has 0 atom stereocenters. The third-order valence-corrected chi connectivity index (χ3v) is 4.83. The van der Waals surface area contributed by atoms with Crippen LogP contribution in [0.15, 0.2) is 0 Å². The quantitative estimate of drug-likeness (QED) is 0.287. The summed E-state index contributed by atoms with van der Waals surface area (Å²) in [6.45, 7) is 148. The van der Waals surface area contributed by atoms with Gasteiger partial charge in [-0.25, -0.2) is 0 Å². The third-order valence-electron chi connectivity index (χ3n) is 4.83. The molecule has 0 aromatic rings. The largest absolute Gasteiger partial charge is 0.394 e. The van der Waals surface area contributed by atoms with Gasteiger partial charge in [-0.15, -0.1) is 0 Å². The van der Waals surface area contributed by atoms with Gasteiger partial charge in [-0.3, -0.25) is 0 Å². The second-order valence-corrected chi connectivity index (χ2v) is 33.7. The first-order valence-corrected chi connectivity index (χ1v) is 48.6. The molecule has 0 radical (unpaired) electrons. The van der Waals surface area contributed by atoms with Crippen molar-refractivity contribution in [2.75, 3.05) is 13.7 Å². The zero-order valence-electron chi connectivity index (χ0n) is 94.7. The summed E-state index contributed by atoms with van der Waals surface area (Å²) >= 11 is 0. The standard InChI is InChI=1S/C5H10.5C5H12.5C4H10.2C3H8O.16C3H8.C2H6/c1-2-5-3-4-5;1-5(2,3)4;4*1-4-5(2)3;5*1-4(2)3;1-3-4-2;1-3(2)4;16*1-3-2;1-2/h5H,2-4H2,1H3;1-4H3;4*5H,4H2,1-3H3;5*4H,1-3H3;3H2,1-2H3;3-4H,1-2H3;16*3H2,1-2H3;1-2H3. The van der Waals surface area contributed by atoms with Crippen molar-refractivity contribution < 1.29 is 9.84 Å². The Hall–Kier alpha value is -0.0800. The van der Waals surface area contributed by atoms with E-state index in [1.54, 1.807) is 21.0 Å². The zero-order valence-corrected chi connectivity index (χ0v) is 94.7. The molecule has 0 bridgehead atoms. The Kier molecular flexibility index (Phi) is 538. The lowest BCUT2D eigenvalue weighted by Crippen LogP contribution is -1.93. The second kappa shape index (κ2) is 294. The van der Waals surface area contributed by atoms with E-state index in [1.807, 2.05) is 20.8 Å². The molecule has 0 aromatic carbocycles. The van der Waals surface area contributed by atoms with E-state index in [0.717, 1.165) is 65.8 Å². The van der Waals surface area contributed by atoms with E-state index >= 15 is 0 Å². The third kappa shape index (κ3) is 6020. The van der Waals surface area contributed by atoms with Gasteiger partial charge in [0.15, 0.2) is 0 Å². The van der Waals surface area contributed by atoms with Gasteiger partial charge in [-0.05, 0) is 85.4 Å². The molecule has 1 fully saturated rings. The van der Waals surface area contributed by atoms with Crippen molar-refractivity contribution in [3.8, 4) is 0 Å². The van der Waals surface area contributed by atoms with Crippen LogP contribution in [0.5, 0.6) is 0 Å². The van der Waals surface area contributed by atoms with Crippen LogP contribution in [0.3, 0.4) is 0 Å². The highest BCUT2D eigenvalue weighted by Gasteiger charge is 2.17. The molecule has 1 aliphatic carbocycles.